The van der Waals surface area contributed by atoms with Gasteiger partial charge in [-0.05, 0) is 45.2 Å². The van der Waals surface area contributed by atoms with Crippen molar-refractivity contribution >= 4 is 17.7 Å². The molecule has 0 heterocycles. The predicted octanol–water partition coefficient (Wildman–Crippen LogP) is 0.223. The van der Waals surface area contributed by atoms with Crippen LogP contribution in [0.15, 0.2) is 30.3 Å². The molecule has 1 rings (SSSR count). The van der Waals surface area contributed by atoms with Gasteiger partial charge in [0.2, 0.25) is 17.7 Å². The Morgan fingerprint density at radius 1 is 1.12 bits per heavy atom. The molecule has 0 spiro atoms. The molecular formula is C18H28N4O3. The minimum Gasteiger partial charge on any atom is -0.368 e. The van der Waals surface area contributed by atoms with Crippen molar-refractivity contribution < 1.29 is 14.4 Å². The topological polar surface area (TPSA) is 127 Å². The molecule has 0 aromatic heterocycles. The van der Waals surface area contributed by atoms with Crippen molar-refractivity contribution in [3.05, 3.63) is 35.9 Å². The quantitative estimate of drug-likeness (QED) is 0.451. The summed E-state index contributed by atoms with van der Waals surface area (Å²) in [6.07, 6.45) is 2.06. The lowest BCUT2D eigenvalue weighted by molar-refractivity contribution is -0.133. The summed E-state index contributed by atoms with van der Waals surface area (Å²) in [4.78, 5) is 36.1. The van der Waals surface area contributed by atoms with Crippen molar-refractivity contribution in [3.8, 4) is 0 Å². The Balaban J connectivity index is 2.72. The molecule has 6 N–H and O–H groups in total. The maximum atomic E-state index is 12.5. The monoisotopic (exact) mass is 348 g/mol. The van der Waals surface area contributed by atoms with Crippen molar-refractivity contribution in [3.63, 3.8) is 0 Å². The second-order valence-electron chi connectivity index (χ2n) is 6.55. The Morgan fingerprint density at radius 3 is 2.32 bits per heavy atom. The predicted molar refractivity (Wildman–Crippen MR) is 96.4 cm³/mol. The number of hydrogen-bond donors (Lipinski definition) is 4. The zero-order valence-corrected chi connectivity index (χ0v) is 14.9. The fourth-order valence-electron chi connectivity index (χ4n) is 2.24. The van der Waals surface area contributed by atoms with Crippen LogP contribution in [0.25, 0.3) is 0 Å². The summed E-state index contributed by atoms with van der Waals surface area (Å²) in [5.74, 6) is -1.32. The van der Waals surface area contributed by atoms with Gasteiger partial charge in [-0.2, -0.15) is 0 Å². The second-order valence-corrected chi connectivity index (χ2v) is 6.55. The zero-order valence-electron chi connectivity index (χ0n) is 14.9. The van der Waals surface area contributed by atoms with Crippen molar-refractivity contribution in [1.82, 2.24) is 10.6 Å². The van der Waals surface area contributed by atoms with Gasteiger partial charge in [-0.15, -0.1) is 0 Å². The molecule has 0 aliphatic rings. The van der Waals surface area contributed by atoms with Gasteiger partial charge in [-0.25, -0.2) is 0 Å². The minimum absolute atomic E-state index is 0.181. The first-order valence-electron chi connectivity index (χ1n) is 8.41. The molecule has 0 radical (unpaired) electrons. The van der Waals surface area contributed by atoms with Crippen LogP contribution in [0.4, 0.5) is 0 Å². The third-order valence-corrected chi connectivity index (χ3v) is 3.86. The van der Waals surface area contributed by atoms with Crippen LogP contribution in [-0.4, -0.2) is 35.8 Å². The molecule has 0 fully saturated rings. The van der Waals surface area contributed by atoms with E-state index in [1.54, 1.807) is 0 Å². The van der Waals surface area contributed by atoms with Crippen LogP contribution >= 0.6 is 0 Å². The maximum absolute atomic E-state index is 12.5. The van der Waals surface area contributed by atoms with Gasteiger partial charge in [0.15, 0.2) is 0 Å². The molecule has 3 amide bonds. The van der Waals surface area contributed by atoms with Gasteiger partial charge in [-0.3, -0.25) is 14.4 Å². The van der Waals surface area contributed by atoms with Crippen molar-refractivity contribution in [2.45, 2.75) is 51.1 Å². The fourth-order valence-corrected chi connectivity index (χ4v) is 2.24. The molecule has 0 saturated carbocycles. The Bertz CT molecular complexity index is 587. The van der Waals surface area contributed by atoms with E-state index in [9.17, 15) is 14.4 Å². The number of rotatable bonds is 10. The zero-order chi connectivity index (χ0) is 18.9. The number of carbonyl (C=O) groups excluding carboxylic acids is 3. The van der Waals surface area contributed by atoms with Gasteiger partial charge in [0.25, 0.3) is 0 Å². The molecule has 1 atom stereocenters. The highest BCUT2D eigenvalue weighted by Gasteiger charge is 2.30. The highest BCUT2D eigenvalue weighted by Crippen LogP contribution is 2.07. The Morgan fingerprint density at radius 2 is 1.76 bits per heavy atom. The van der Waals surface area contributed by atoms with Crippen molar-refractivity contribution in [2.75, 3.05) is 6.54 Å². The summed E-state index contributed by atoms with van der Waals surface area (Å²) in [6.45, 7) is 3.56. The van der Waals surface area contributed by atoms with Gasteiger partial charge < -0.3 is 22.1 Å². The summed E-state index contributed by atoms with van der Waals surface area (Å²) < 4.78 is 0. The number of hydrogen-bond acceptors (Lipinski definition) is 4. The van der Waals surface area contributed by atoms with E-state index in [-0.39, 0.29) is 12.3 Å². The highest BCUT2D eigenvalue weighted by molar-refractivity contribution is 5.93. The van der Waals surface area contributed by atoms with Crippen LogP contribution in [-0.2, 0) is 20.8 Å². The molecule has 1 aromatic rings. The maximum Gasteiger partial charge on any atom is 0.243 e. The minimum atomic E-state index is -1.19. The van der Waals surface area contributed by atoms with Crippen LogP contribution in [0.2, 0.25) is 0 Å². The molecular weight excluding hydrogens is 320 g/mol. The lowest BCUT2D eigenvalue weighted by Crippen LogP contribution is -2.58. The van der Waals surface area contributed by atoms with Crippen molar-refractivity contribution in [1.29, 1.82) is 0 Å². The largest absolute Gasteiger partial charge is 0.368 e. The second kappa shape index (κ2) is 9.78. The van der Waals surface area contributed by atoms with E-state index in [2.05, 4.69) is 10.6 Å². The highest BCUT2D eigenvalue weighted by atomic mass is 16.2. The number of unbranched alkanes of at least 4 members (excludes halogenated alkanes) is 1. The first kappa shape index (κ1) is 20.6. The Hall–Kier alpha value is -2.41. The van der Waals surface area contributed by atoms with E-state index in [1.807, 2.05) is 30.3 Å². The average molecular weight is 348 g/mol. The number of amides is 3. The van der Waals surface area contributed by atoms with Crippen LogP contribution in [0, 0.1) is 0 Å². The van der Waals surface area contributed by atoms with E-state index in [1.165, 1.54) is 13.8 Å². The Labute approximate surface area is 148 Å². The van der Waals surface area contributed by atoms with E-state index in [0.29, 0.717) is 19.4 Å². The van der Waals surface area contributed by atoms with E-state index < -0.39 is 23.4 Å². The SMILES string of the molecule is CC(C)(NC(=O)[C@@H](CCCCN)NC(=O)Cc1ccccc1)C(N)=O. The summed E-state index contributed by atoms with van der Waals surface area (Å²) in [6, 6.07) is 8.53. The number of primary amides is 1. The number of carbonyl (C=O) groups is 3. The number of nitrogens with one attached hydrogen (secondary N) is 2. The van der Waals surface area contributed by atoms with E-state index in [4.69, 9.17) is 11.5 Å². The Kier molecular flexibility index (Phi) is 8.07. The van der Waals surface area contributed by atoms with Gasteiger partial charge in [0, 0.05) is 0 Å². The molecule has 25 heavy (non-hydrogen) atoms. The molecule has 0 aliphatic heterocycles. The first-order chi connectivity index (χ1) is 11.8. The summed E-state index contributed by atoms with van der Waals surface area (Å²) in [5.41, 5.74) is 10.4. The molecule has 7 heteroatoms. The molecule has 1 aromatic carbocycles. The van der Waals surface area contributed by atoms with Crippen LogP contribution in [0.5, 0.6) is 0 Å². The van der Waals surface area contributed by atoms with Crippen molar-refractivity contribution in [2.24, 2.45) is 11.5 Å². The van der Waals surface area contributed by atoms with Gasteiger partial charge in [-0.1, -0.05) is 30.3 Å². The van der Waals surface area contributed by atoms with Gasteiger partial charge >= 0.3 is 0 Å². The first-order valence-corrected chi connectivity index (χ1v) is 8.41. The smallest absolute Gasteiger partial charge is 0.243 e. The van der Waals surface area contributed by atoms with Gasteiger partial charge in [0.05, 0.1) is 6.42 Å². The summed E-state index contributed by atoms with van der Waals surface area (Å²) in [7, 11) is 0. The molecule has 0 bridgehead atoms. The lowest BCUT2D eigenvalue weighted by Gasteiger charge is -2.26. The molecule has 0 aliphatic carbocycles. The lowest BCUT2D eigenvalue weighted by atomic mass is 10.0. The molecule has 0 unspecified atom stereocenters. The number of nitrogens with two attached hydrogens (primary N) is 2. The van der Waals surface area contributed by atoms with E-state index in [0.717, 1.165) is 12.0 Å². The summed E-state index contributed by atoms with van der Waals surface area (Å²) >= 11 is 0. The van der Waals surface area contributed by atoms with Crippen LogP contribution < -0.4 is 22.1 Å². The molecule has 0 saturated heterocycles. The standard InChI is InChI=1S/C18H28N4O3/c1-18(2,17(20)25)22-16(24)14(10-6-7-11-19)21-15(23)12-13-8-4-3-5-9-13/h3-5,8-9,14H,6-7,10-12,19H2,1-2H3,(H2,20,25)(H,21,23)(H,22,24)/t14-/m1/s1. The average Bonchev–Trinajstić information content (AvgIpc) is 2.54. The van der Waals surface area contributed by atoms with Crippen LogP contribution in [0.1, 0.15) is 38.7 Å². The van der Waals surface area contributed by atoms with E-state index >= 15 is 0 Å². The molecule has 7 nitrogen and oxygen atoms in total. The fraction of sp³-hybridized carbons (Fsp3) is 0.500. The van der Waals surface area contributed by atoms with Crippen LogP contribution in [0.3, 0.4) is 0 Å². The number of benzene rings is 1. The third-order valence-electron chi connectivity index (χ3n) is 3.86. The summed E-state index contributed by atoms with van der Waals surface area (Å²) in [5, 5.41) is 5.33. The van der Waals surface area contributed by atoms with Gasteiger partial charge in [0.1, 0.15) is 11.6 Å². The molecule has 138 valence electrons. The normalized spacial score (nSPS) is 12.3. The third kappa shape index (κ3) is 7.34.